The molecule has 5 nitrogen and oxygen atoms in total. The highest BCUT2D eigenvalue weighted by molar-refractivity contribution is 5.78. The Kier molecular flexibility index (Phi) is 5.06. The van der Waals surface area contributed by atoms with Crippen LogP contribution in [-0.4, -0.2) is 41.5 Å². The topological polar surface area (TPSA) is 78.8 Å². The van der Waals surface area contributed by atoms with E-state index in [-0.39, 0.29) is 25.6 Å². The van der Waals surface area contributed by atoms with E-state index >= 15 is 0 Å². The smallest absolute Gasteiger partial charge is 0.258 e. The van der Waals surface area contributed by atoms with Gasteiger partial charge in [-0.1, -0.05) is 0 Å². The largest absolute Gasteiger partial charge is 0.484 e. The van der Waals surface area contributed by atoms with Crippen LogP contribution in [0, 0.1) is 5.82 Å². The summed E-state index contributed by atoms with van der Waals surface area (Å²) < 4.78 is 17.7. The molecule has 0 atom stereocenters. The molecule has 0 heterocycles. The van der Waals surface area contributed by atoms with Crippen LogP contribution >= 0.6 is 0 Å². The lowest BCUT2D eigenvalue weighted by Crippen LogP contribution is -2.53. The van der Waals surface area contributed by atoms with Crippen LogP contribution in [-0.2, 0) is 4.79 Å². The maximum absolute atomic E-state index is 12.6. The minimum Gasteiger partial charge on any atom is -0.484 e. The predicted octanol–water partition coefficient (Wildman–Crippen LogP) is 0.0640. The molecule has 100 valence electrons. The molecule has 18 heavy (non-hydrogen) atoms. The van der Waals surface area contributed by atoms with Crippen LogP contribution in [0.2, 0.25) is 0 Å². The van der Waals surface area contributed by atoms with Crippen molar-refractivity contribution in [1.82, 2.24) is 5.32 Å². The summed E-state index contributed by atoms with van der Waals surface area (Å²) in [6.07, 6.45) is 0. The van der Waals surface area contributed by atoms with E-state index in [1.165, 1.54) is 31.2 Å². The van der Waals surface area contributed by atoms with E-state index < -0.39 is 11.4 Å². The van der Waals surface area contributed by atoms with Crippen molar-refractivity contribution in [2.24, 2.45) is 0 Å². The third-order valence-electron chi connectivity index (χ3n) is 2.32. The van der Waals surface area contributed by atoms with Crippen LogP contribution in [0.1, 0.15) is 6.92 Å². The first-order valence-electron chi connectivity index (χ1n) is 5.40. The van der Waals surface area contributed by atoms with E-state index in [0.29, 0.717) is 5.75 Å². The maximum atomic E-state index is 12.6. The molecule has 0 bridgehead atoms. The van der Waals surface area contributed by atoms with Crippen LogP contribution in [0.4, 0.5) is 4.39 Å². The SMILES string of the molecule is CC(CO)(CO)NC(=O)COc1ccc(F)cc1. The molecule has 3 N–H and O–H groups in total. The minimum absolute atomic E-state index is 0.277. The van der Waals surface area contributed by atoms with E-state index in [1.54, 1.807) is 0 Å². The third-order valence-corrected chi connectivity index (χ3v) is 2.32. The van der Waals surface area contributed by atoms with Crippen LogP contribution in [0.3, 0.4) is 0 Å². The van der Waals surface area contributed by atoms with Gasteiger partial charge in [-0.05, 0) is 31.2 Å². The summed E-state index contributed by atoms with van der Waals surface area (Å²) in [4.78, 5) is 11.5. The van der Waals surface area contributed by atoms with Gasteiger partial charge in [-0.15, -0.1) is 0 Å². The highest BCUT2D eigenvalue weighted by Crippen LogP contribution is 2.10. The molecule has 0 radical (unpaired) electrons. The molecular weight excluding hydrogens is 241 g/mol. The number of benzene rings is 1. The molecule has 0 unspecified atom stereocenters. The molecule has 1 rings (SSSR count). The molecule has 0 spiro atoms. The Bertz CT molecular complexity index is 390. The Labute approximate surface area is 104 Å². The molecule has 0 saturated carbocycles. The summed E-state index contributed by atoms with van der Waals surface area (Å²) >= 11 is 0. The zero-order valence-corrected chi connectivity index (χ0v) is 10.0. The highest BCUT2D eigenvalue weighted by atomic mass is 19.1. The number of ether oxygens (including phenoxy) is 1. The number of aliphatic hydroxyl groups is 2. The standard InChI is InChI=1S/C12H16FNO4/c1-12(7-15,8-16)14-11(17)6-18-10-4-2-9(13)3-5-10/h2-5,15-16H,6-8H2,1H3,(H,14,17). The molecular formula is C12H16FNO4. The van der Waals surface area contributed by atoms with Gasteiger partial charge in [0.1, 0.15) is 11.6 Å². The number of hydrogen-bond acceptors (Lipinski definition) is 4. The maximum Gasteiger partial charge on any atom is 0.258 e. The summed E-state index contributed by atoms with van der Waals surface area (Å²) in [5.74, 6) is -0.508. The highest BCUT2D eigenvalue weighted by Gasteiger charge is 2.24. The average molecular weight is 257 g/mol. The first-order chi connectivity index (χ1) is 8.49. The Hall–Kier alpha value is -1.66. The summed E-state index contributed by atoms with van der Waals surface area (Å²) in [5.41, 5.74) is -1.08. The number of hydrogen-bond donors (Lipinski definition) is 3. The van der Waals surface area contributed by atoms with Gasteiger partial charge in [0.05, 0.1) is 18.8 Å². The van der Waals surface area contributed by atoms with Gasteiger partial charge in [-0.3, -0.25) is 4.79 Å². The molecule has 0 fully saturated rings. The molecule has 1 amide bonds. The Morgan fingerprint density at radius 2 is 1.89 bits per heavy atom. The molecule has 0 aromatic heterocycles. The first-order valence-corrected chi connectivity index (χ1v) is 5.40. The quantitative estimate of drug-likeness (QED) is 0.673. The number of halogens is 1. The average Bonchev–Trinajstić information content (AvgIpc) is 2.38. The van der Waals surface area contributed by atoms with Gasteiger partial charge in [0.15, 0.2) is 6.61 Å². The molecule has 1 aromatic rings. The van der Waals surface area contributed by atoms with Gasteiger partial charge in [-0.2, -0.15) is 0 Å². The van der Waals surface area contributed by atoms with Crippen LogP contribution < -0.4 is 10.1 Å². The lowest BCUT2D eigenvalue weighted by molar-refractivity contribution is -0.126. The molecule has 0 aliphatic heterocycles. The molecule has 0 aliphatic carbocycles. The van der Waals surface area contributed by atoms with Crippen molar-refractivity contribution in [2.45, 2.75) is 12.5 Å². The number of carbonyl (C=O) groups excluding carboxylic acids is 1. The number of rotatable bonds is 6. The van der Waals surface area contributed by atoms with Crippen molar-refractivity contribution in [3.63, 3.8) is 0 Å². The van der Waals surface area contributed by atoms with Crippen molar-refractivity contribution in [3.05, 3.63) is 30.1 Å². The van der Waals surface area contributed by atoms with E-state index in [2.05, 4.69) is 5.32 Å². The van der Waals surface area contributed by atoms with E-state index in [9.17, 15) is 9.18 Å². The van der Waals surface area contributed by atoms with Gasteiger partial charge in [0, 0.05) is 0 Å². The Morgan fingerprint density at radius 1 is 1.33 bits per heavy atom. The van der Waals surface area contributed by atoms with Crippen molar-refractivity contribution >= 4 is 5.91 Å². The van der Waals surface area contributed by atoms with Gasteiger partial charge >= 0.3 is 0 Å². The first kappa shape index (κ1) is 14.4. The lowest BCUT2D eigenvalue weighted by atomic mass is 10.1. The molecule has 0 saturated heterocycles. The fourth-order valence-electron chi connectivity index (χ4n) is 1.18. The second kappa shape index (κ2) is 6.32. The third kappa shape index (κ3) is 4.31. The number of nitrogens with one attached hydrogen (secondary N) is 1. The predicted molar refractivity (Wildman–Crippen MR) is 62.6 cm³/mol. The fourth-order valence-corrected chi connectivity index (χ4v) is 1.18. The van der Waals surface area contributed by atoms with E-state index in [1.807, 2.05) is 0 Å². The number of carbonyl (C=O) groups is 1. The minimum atomic E-state index is -1.08. The van der Waals surface area contributed by atoms with Gasteiger partial charge in [-0.25, -0.2) is 4.39 Å². The lowest BCUT2D eigenvalue weighted by Gasteiger charge is -2.26. The van der Waals surface area contributed by atoms with Crippen molar-refractivity contribution in [1.29, 1.82) is 0 Å². The molecule has 0 aliphatic rings. The Balaban J connectivity index is 2.44. The summed E-state index contributed by atoms with van der Waals surface area (Å²) in [7, 11) is 0. The van der Waals surface area contributed by atoms with Crippen LogP contribution in [0.25, 0.3) is 0 Å². The van der Waals surface area contributed by atoms with Crippen molar-refractivity contribution < 1.29 is 24.1 Å². The summed E-state index contributed by atoms with van der Waals surface area (Å²) in [6, 6.07) is 5.25. The summed E-state index contributed by atoms with van der Waals surface area (Å²) in [6.45, 7) is 0.460. The monoisotopic (exact) mass is 257 g/mol. The van der Waals surface area contributed by atoms with E-state index in [4.69, 9.17) is 14.9 Å². The molecule has 6 heteroatoms. The second-order valence-corrected chi connectivity index (χ2v) is 4.17. The second-order valence-electron chi connectivity index (χ2n) is 4.17. The van der Waals surface area contributed by atoms with E-state index in [0.717, 1.165) is 0 Å². The van der Waals surface area contributed by atoms with Crippen LogP contribution in [0.15, 0.2) is 24.3 Å². The normalized spacial score (nSPS) is 11.1. The van der Waals surface area contributed by atoms with Gasteiger partial charge in [0.2, 0.25) is 0 Å². The van der Waals surface area contributed by atoms with Crippen LogP contribution in [0.5, 0.6) is 5.75 Å². The zero-order valence-electron chi connectivity index (χ0n) is 10.0. The summed E-state index contributed by atoms with van der Waals surface area (Å²) in [5, 5.41) is 20.4. The van der Waals surface area contributed by atoms with Crippen molar-refractivity contribution in [2.75, 3.05) is 19.8 Å². The molecule has 1 aromatic carbocycles. The Morgan fingerprint density at radius 3 is 2.39 bits per heavy atom. The van der Waals surface area contributed by atoms with Crippen molar-refractivity contribution in [3.8, 4) is 5.75 Å². The number of amides is 1. The van der Waals surface area contributed by atoms with Gasteiger partial charge < -0.3 is 20.3 Å². The van der Waals surface area contributed by atoms with Gasteiger partial charge in [0.25, 0.3) is 5.91 Å². The number of aliphatic hydroxyl groups excluding tert-OH is 2. The fraction of sp³-hybridized carbons (Fsp3) is 0.417. The zero-order chi connectivity index (χ0) is 13.6.